The molecule has 0 aromatic carbocycles. The van der Waals surface area contributed by atoms with Gasteiger partial charge in [0.25, 0.3) is 0 Å². The first-order valence-electron chi connectivity index (χ1n) is 6.66. The van der Waals surface area contributed by atoms with Crippen molar-refractivity contribution in [3.8, 4) is 6.07 Å². The standard InChI is InChI=1S/C15H22N2S/c1-12-9-14(2,3)6-7-15(12,11-16)17-10-13-5-4-8-18-13/h4-5,8,12,17H,6-7,9-10H2,1-3H3. The molecule has 1 N–H and O–H groups in total. The molecule has 1 aliphatic carbocycles. The molecule has 0 saturated heterocycles. The molecule has 0 bridgehead atoms. The maximum Gasteiger partial charge on any atom is 0.109 e. The van der Waals surface area contributed by atoms with E-state index in [0.717, 1.165) is 25.8 Å². The predicted octanol–water partition coefficient (Wildman–Crippen LogP) is 3.95. The van der Waals surface area contributed by atoms with Gasteiger partial charge in [0.2, 0.25) is 0 Å². The van der Waals surface area contributed by atoms with Crippen molar-refractivity contribution in [1.29, 1.82) is 5.26 Å². The third-order valence-electron chi connectivity index (χ3n) is 4.25. The second-order valence-electron chi connectivity index (χ2n) is 6.29. The van der Waals surface area contributed by atoms with Gasteiger partial charge in [-0.15, -0.1) is 11.3 Å². The fraction of sp³-hybridized carbons (Fsp3) is 0.667. The van der Waals surface area contributed by atoms with Crippen LogP contribution in [0.25, 0.3) is 0 Å². The number of nitrogens with zero attached hydrogens (tertiary/aromatic N) is 1. The zero-order chi connectivity index (χ0) is 13.2. The number of nitriles is 1. The van der Waals surface area contributed by atoms with Crippen LogP contribution in [0.5, 0.6) is 0 Å². The average Bonchev–Trinajstić information content (AvgIpc) is 2.81. The number of rotatable bonds is 3. The molecule has 98 valence electrons. The summed E-state index contributed by atoms with van der Waals surface area (Å²) in [6.45, 7) is 7.65. The maximum atomic E-state index is 9.60. The summed E-state index contributed by atoms with van der Waals surface area (Å²) >= 11 is 1.75. The van der Waals surface area contributed by atoms with Crippen LogP contribution in [-0.4, -0.2) is 5.54 Å². The van der Waals surface area contributed by atoms with Crippen LogP contribution in [0.2, 0.25) is 0 Å². The lowest BCUT2D eigenvalue weighted by Crippen LogP contribution is -2.53. The minimum Gasteiger partial charge on any atom is -0.294 e. The first-order valence-corrected chi connectivity index (χ1v) is 7.54. The Morgan fingerprint density at radius 2 is 2.28 bits per heavy atom. The van der Waals surface area contributed by atoms with Crippen molar-refractivity contribution in [3.05, 3.63) is 22.4 Å². The molecule has 2 atom stereocenters. The predicted molar refractivity (Wildman–Crippen MR) is 76.3 cm³/mol. The molecule has 3 heteroatoms. The van der Waals surface area contributed by atoms with Crippen molar-refractivity contribution in [2.75, 3.05) is 0 Å². The highest BCUT2D eigenvalue weighted by Crippen LogP contribution is 2.43. The quantitative estimate of drug-likeness (QED) is 0.895. The summed E-state index contributed by atoms with van der Waals surface area (Å²) in [6.07, 6.45) is 3.21. The van der Waals surface area contributed by atoms with Crippen LogP contribution in [-0.2, 0) is 6.54 Å². The van der Waals surface area contributed by atoms with Gasteiger partial charge in [-0.2, -0.15) is 5.26 Å². The zero-order valence-corrected chi connectivity index (χ0v) is 12.3. The number of nitrogens with one attached hydrogen (secondary N) is 1. The first kappa shape index (κ1) is 13.6. The lowest BCUT2D eigenvalue weighted by Gasteiger charge is -2.44. The summed E-state index contributed by atoms with van der Waals surface area (Å²) in [5, 5.41) is 15.2. The van der Waals surface area contributed by atoms with E-state index < -0.39 is 0 Å². The van der Waals surface area contributed by atoms with E-state index in [2.05, 4.69) is 49.7 Å². The van der Waals surface area contributed by atoms with Gasteiger partial charge in [0.05, 0.1) is 6.07 Å². The van der Waals surface area contributed by atoms with Gasteiger partial charge in [-0.3, -0.25) is 5.32 Å². The maximum absolute atomic E-state index is 9.60. The summed E-state index contributed by atoms with van der Waals surface area (Å²) in [4.78, 5) is 1.31. The molecule has 2 rings (SSSR count). The van der Waals surface area contributed by atoms with Gasteiger partial charge < -0.3 is 0 Å². The van der Waals surface area contributed by atoms with Crippen molar-refractivity contribution in [3.63, 3.8) is 0 Å². The Morgan fingerprint density at radius 1 is 1.50 bits per heavy atom. The fourth-order valence-electron chi connectivity index (χ4n) is 3.01. The first-order chi connectivity index (χ1) is 8.47. The molecule has 1 aromatic rings. The Balaban J connectivity index is 2.05. The summed E-state index contributed by atoms with van der Waals surface area (Å²) in [6, 6.07) is 6.75. The monoisotopic (exact) mass is 262 g/mol. The molecule has 1 aliphatic rings. The van der Waals surface area contributed by atoms with Crippen LogP contribution in [0, 0.1) is 22.7 Å². The van der Waals surface area contributed by atoms with E-state index in [1.165, 1.54) is 4.88 Å². The van der Waals surface area contributed by atoms with Crippen molar-refractivity contribution >= 4 is 11.3 Å². The normalized spacial score (nSPS) is 30.9. The molecule has 0 aliphatic heterocycles. The van der Waals surface area contributed by atoms with Gasteiger partial charge in [-0.25, -0.2) is 0 Å². The lowest BCUT2D eigenvalue weighted by atomic mass is 9.64. The average molecular weight is 262 g/mol. The SMILES string of the molecule is CC1CC(C)(C)CCC1(C#N)NCc1cccs1. The van der Waals surface area contributed by atoms with E-state index >= 15 is 0 Å². The molecular weight excluding hydrogens is 240 g/mol. The highest BCUT2D eigenvalue weighted by Gasteiger charge is 2.43. The van der Waals surface area contributed by atoms with Crippen LogP contribution in [0.3, 0.4) is 0 Å². The molecule has 1 heterocycles. The third kappa shape index (κ3) is 2.76. The molecule has 2 nitrogen and oxygen atoms in total. The van der Waals surface area contributed by atoms with Gasteiger partial charge in [0.1, 0.15) is 5.54 Å². The van der Waals surface area contributed by atoms with Gasteiger partial charge in [-0.1, -0.05) is 26.8 Å². The van der Waals surface area contributed by atoms with Crippen LogP contribution >= 0.6 is 11.3 Å². The van der Waals surface area contributed by atoms with Crippen molar-refractivity contribution in [1.82, 2.24) is 5.32 Å². The molecule has 0 amide bonds. The minimum absolute atomic E-state index is 0.334. The highest BCUT2D eigenvalue weighted by atomic mass is 32.1. The molecular formula is C15H22N2S. The lowest BCUT2D eigenvalue weighted by molar-refractivity contribution is 0.109. The van der Waals surface area contributed by atoms with Gasteiger partial charge in [0.15, 0.2) is 0 Å². The molecule has 18 heavy (non-hydrogen) atoms. The zero-order valence-electron chi connectivity index (χ0n) is 11.5. The number of hydrogen-bond acceptors (Lipinski definition) is 3. The second kappa shape index (κ2) is 5.03. The number of hydrogen-bond donors (Lipinski definition) is 1. The molecule has 0 radical (unpaired) electrons. The topological polar surface area (TPSA) is 35.8 Å². The molecule has 1 aromatic heterocycles. The van der Waals surface area contributed by atoms with E-state index in [-0.39, 0.29) is 5.54 Å². The molecule has 1 saturated carbocycles. The highest BCUT2D eigenvalue weighted by molar-refractivity contribution is 7.09. The Labute approximate surface area is 114 Å². The van der Waals surface area contributed by atoms with E-state index in [1.54, 1.807) is 11.3 Å². The molecule has 2 unspecified atom stereocenters. The van der Waals surface area contributed by atoms with Crippen LogP contribution in [0.4, 0.5) is 0 Å². The minimum atomic E-state index is -0.334. The van der Waals surface area contributed by atoms with E-state index in [9.17, 15) is 5.26 Å². The van der Waals surface area contributed by atoms with Crippen molar-refractivity contribution < 1.29 is 0 Å². The second-order valence-corrected chi connectivity index (χ2v) is 7.32. The van der Waals surface area contributed by atoms with E-state index in [0.29, 0.717) is 11.3 Å². The largest absolute Gasteiger partial charge is 0.294 e. The summed E-state index contributed by atoms with van der Waals surface area (Å²) in [5.74, 6) is 0.409. The Hall–Kier alpha value is -0.850. The van der Waals surface area contributed by atoms with Gasteiger partial charge >= 0.3 is 0 Å². The fourth-order valence-corrected chi connectivity index (χ4v) is 3.66. The third-order valence-corrected chi connectivity index (χ3v) is 5.13. The Bertz CT molecular complexity index is 430. The van der Waals surface area contributed by atoms with E-state index in [1.807, 2.05) is 0 Å². The smallest absolute Gasteiger partial charge is 0.109 e. The summed E-state index contributed by atoms with van der Waals surface area (Å²) in [5.41, 5.74) is 0.0455. The van der Waals surface area contributed by atoms with Crippen molar-refractivity contribution in [2.24, 2.45) is 11.3 Å². The number of thiophene rings is 1. The molecule has 1 fully saturated rings. The molecule has 0 spiro atoms. The van der Waals surface area contributed by atoms with E-state index in [4.69, 9.17) is 0 Å². The van der Waals surface area contributed by atoms with Gasteiger partial charge in [-0.05, 0) is 42.0 Å². The summed E-state index contributed by atoms with van der Waals surface area (Å²) in [7, 11) is 0. The van der Waals surface area contributed by atoms with Gasteiger partial charge in [0, 0.05) is 11.4 Å². The van der Waals surface area contributed by atoms with Crippen LogP contribution < -0.4 is 5.32 Å². The Kier molecular flexibility index (Phi) is 3.79. The van der Waals surface area contributed by atoms with Crippen molar-refractivity contribution in [2.45, 2.75) is 52.1 Å². The Morgan fingerprint density at radius 3 is 2.83 bits per heavy atom. The summed E-state index contributed by atoms with van der Waals surface area (Å²) < 4.78 is 0. The van der Waals surface area contributed by atoms with Crippen LogP contribution in [0.1, 0.15) is 44.9 Å². The van der Waals surface area contributed by atoms with Crippen LogP contribution in [0.15, 0.2) is 17.5 Å².